The Bertz CT molecular complexity index is 1130. The van der Waals surface area contributed by atoms with Crippen molar-refractivity contribution in [1.29, 1.82) is 0 Å². The predicted octanol–water partition coefficient (Wildman–Crippen LogP) is 5.07. The summed E-state index contributed by atoms with van der Waals surface area (Å²) in [6, 6.07) is 29.2. The van der Waals surface area contributed by atoms with Crippen molar-refractivity contribution in [2.45, 2.75) is 6.61 Å². The molecule has 0 saturated carbocycles. The Morgan fingerprint density at radius 1 is 0.812 bits per heavy atom. The number of rotatable bonds is 6. The van der Waals surface area contributed by atoms with Crippen molar-refractivity contribution >= 4 is 5.69 Å². The second-order valence-electron chi connectivity index (χ2n) is 8.30. The number of nitrogens with zero attached hydrogens (tertiary/aromatic N) is 3. The van der Waals surface area contributed by atoms with E-state index in [1.54, 1.807) is 0 Å². The van der Waals surface area contributed by atoms with Gasteiger partial charge in [-0.05, 0) is 60.6 Å². The molecule has 4 aromatic rings. The molecule has 0 radical (unpaired) electrons. The van der Waals surface area contributed by atoms with Crippen molar-refractivity contribution in [3.63, 3.8) is 0 Å². The third-order valence-corrected chi connectivity index (χ3v) is 6.02. The lowest BCUT2D eigenvalue weighted by Crippen LogP contribution is -2.44. The molecule has 162 valence electrons. The molecule has 0 amide bonds. The first-order valence-electron chi connectivity index (χ1n) is 11.1. The van der Waals surface area contributed by atoms with E-state index in [0.717, 1.165) is 60.0 Å². The van der Waals surface area contributed by atoms with Crippen LogP contribution < -0.4 is 9.64 Å². The number of benzene rings is 3. The topological polar surface area (TPSA) is 44.4 Å². The van der Waals surface area contributed by atoms with E-state index in [9.17, 15) is 0 Å². The number of piperazine rings is 1. The van der Waals surface area contributed by atoms with Gasteiger partial charge in [0.25, 0.3) is 0 Å². The number of anilines is 1. The van der Waals surface area contributed by atoms with Crippen LogP contribution in [0.15, 0.2) is 84.9 Å². The lowest BCUT2D eigenvalue weighted by Gasteiger charge is -2.34. The molecule has 0 unspecified atom stereocenters. The molecule has 1 fully saturated rings. The van der Waals surface area contributed by atoms with Gasteiger partial charge in [0.2, 0.25) is 0 Å². The van der Waals surface area contributed by atoms with Crippen molar-refractivity contribution in [2.24, 2.45) is 0 Å². The fourth-order valence-corrected chi connectivity index (χ4v) is 4.00. The Hall–Kier alpha value is -3.57. The van der Waals surface area contributed by atoms with Crippen LogP contribution in [-0.2, 0) is 6.61 Å². The summed E-state index contributed by atoms with van der Waals surface area (Å²) in [5.41, 5.74) is 6.60. The number of likely N-dealkylation sites (N-methyl/N-ethyl adjacent to an activating group) is 1. The molecule has 0 atom stereocenters. The molecular weight excluding hydrogens is 396 g/mol. The third-order valence-electron chi connectivity index (χ3n) is 6.02. The SMILES string of the molecule is CN1CCN(c2ccc(-c3cc(-c4ccc(OCc5ccccc5)cc4)n[nH]3)cc2)CC1. The summed E-state index contributed by atoms with van der Waals surface area (Å²) in [6.45, 7) is 4.95. The molecule has 5 nitrogen and oxygen atoms in total. The third kappa shape index (κ3) is 4.68. The number of aromatic amines is 1. The summed E-state index contributed by atoms with van der Waals surface area (Å²) in [7, 11) is 2.18. The van der Waals surface area contributed by atoms with Gasteiger partial charge >= 0.3 is 0 Å². The average molecular weight is 425 g/mol. The summed E-state index contributed by atoms with van der Waals surface area (Å²) in [5, 5.41) is 7.71. The average Bonchev–Trinajstić information content (AvgIpc) is 3.35. The Morgan fingerprint density at radius 2 is 1.50 bits per heavy atom. The van der Waals surface area contributed by atoms with Crippen LogP contribution in [0.2, 0.25) is 0 Å². The molecule has 0 spiro atoms. The van der Waals surface area contributed by atoms with Gasteiger partial charge in [-0.15, -0.1) is 0 Å². The second-order valence-corrected chi connectivity index (χ2v) is 8.30. The molecule has 2 heterocycles. The van der Waals surface area contributed by atoms with Crippen molar-refractivity contribution in [2.75, 3.05) is 38.1 Å². The zero-order valence-corrected chi connectivity index (χ0v) is 18.4. The fraction of sp³-hybridized carbons (Fsp3) is 0.222. The summed E-state index contributed by atoms with van der Waals surface area (Å²) in [4.78, 5) is 4.82. The van der Waals surface area contributed by atoms with Gasteiger partial charge in [0.1, 0.15) is 12.4 Å². The van der Waals surface area contributed by atoms with Crippen LogP contribution in [0.5, 0.6) is 5.75 Å². The molecule has 3 aromatic carbocycles. The van der Waals surface area contributed by atoms with Crippen LogP contribution in [0.1, 0.15) is 5.56 Å². The number of ether oxygens (including phenoxy) is 1. The summed E-state index contributed by atoms with van der Waals surface area (Å²) in [5.74, 6) is 0.854. The van der Waals surface area contributed by atoms with Crippen LogP contribution in [0.4, 0.5) is 5.69 Å². The molecule has 1 aliphatic rings. The van der Waals surface area contributed by atoms with Crippen LogP contribution >= 0.6 is 0 Å². The summed E-state index contributed by atoms with van der Waals surface area (Å²) < 4.78 is 5.89. The lowest BCUT2D eigenvalue weighted by molar-refractivity contribution is 0.306. The molecule has 0 aliphatic carbocycles. The first-order valence-corrected chi connectivity index (χ1v) is 11.1. The van der Waals surface area contributed by atoms with E-state index in [-0.39, 0.29) is 0 Å². The van der Waals surface area contributed by atoms with E-state index in [1.807, 2.05) is 30.3 Å². The fourth-order valence-electron chi connectivity index (χ4n) is 4.00. The number of nitrogens with one attached hydrogen (secondary N) is 1. The van der Waals surface area contributed by atoms with Crippen molar-refractivity contribution in [3.05, 3.63) is 90.5 Å². The van der Waals surface area contributed by atoms with E-state index in [4.69, 9.17) is 4.74 Å². The highest BCUT2D eigenvalue weighted by atomic mass is 16.5. The van der Waals surface area contributed by atoms with Crippen LogP contribution in [0.3, 0.4) is 0 Å². The molecular formula is C27H28N4O. The molecule has 5 heteroatoms. The van der Waals surface area contributed by atoms with Gasteiger partial charge < -0.3 is 14.5 Å². The molecule has 32 heavy (non-hydrogen) atoms. The quantitative estimate of drug-likeness (QED) is 0.469. The van der Waals surface area contributed by atoms with Gasteiger partial charge in [-0.25, -0.2) is 0 Å². The lowest BCUT2D eigenvalue weighted by atomic mass is 10.1. The maximum atomic E-state index is 5.89. The van der Waals surface area contributed by atoms with Crippen LogP contribution in [0, 0.1) is 0 Å². The zero-order valence-electron chi connectivity index (χ0n) is 18.4. The van der Waals surface area contributed by atoms with E-state index >= 15 is 0 Å². The Balaban J connectivity index is 1.23. The maximum Gasteiger partial charge on any atom is 0.119 e. The Morgan fingerprint density at radius 3 is 2.22 bits per heavy atom. The largest absolute Gasteiger partial charge is 0.489 e. The van der Waals surface area contributed by atoms with Gasteiger partial charge in [0.15, 0.2) is 0 Å². The molecule has 1 saturated heterocycles. The zero-order chi connectivity index (χ0) is 21.8. The van der Waals surface area contributed by atoms with Gasteiger partial charge in [0.05, 0.1) is 11.4 Å². The minimum absolute atomic E-state index is 0.566. The number of hydrogen-bond donors (Lipinski definition) is 1. The van der Waals surface area contributed by atoms with Crippen molar-refractivity contribution < 1.29 is 4.74 Å². The van der Waals surface area contributed by atoms with E-state index in [2.05, 4.69) is 81.6 Å². The maximum absolute atomic E-state index is 5.89. The second kappa shape index (κ2) is 9.28. The first kappa shape index (κ1) is 20.3. The minimum Gasteiger partial charge on any atom is -0.489 e. The molecule has 0 bridgehead atoms. The highest BCUT2D eigenvalue weighted by molar-refractivity contribution is 5.70. The summed E-state index contributed by atoms with van der Waals surface area (Å²) in [6.07, 6.45) is 0. The smallest absolute Gasteiger partial charge is 0.119 e. The Labute approximate surface area is 189 Å². The number of aromatic nitrogens is 2. The predicted molar refractivity (Wildman–Crippen MR) is 130 cm³/mol. The Kier molecular flexibility index (Phi) is 5.90. The van der Waals surface area contributed by atoms with Gasteiger partial charge in [-0.3, -0.25) is 5.10 Å². The van der Waals surface area contributed by atoms with Gasteiger partial charge in [-0.1, -0.05) is 42.5 Å². The number of H-pyrrole nitrogens is 1. The van der Waals surface area contributed by atoms with E-state index in [1.165, 1.54) is 5.69 Å². The highest BCUT2D eigenvalue weighted by Crippen LogP contribution is 2.27. The van der Waals surface area contributed by atoms with Crippen molar-refractivity contribution in [1.82, 2.24) is 15.1 Å². The van der Waals surface area contributed by atoms with E-state index < -0.39 is 0 Å². The van der Waals surface area contributed by atoms with Crippen LogP contribution in [0.25, 0.3) is 22.5 Å². The highest BCUT2D eigenvalue weighted by Gasteiger charge is 2.14. The summed E-state index contributed by atoms with van der Waals surface area (Å²) >= 11 is 0. The molecule has 5 rings (SSSR count). The monoisotopic (exact) mass is 424 g/mol. The van der Waals surface area contributed by atoms with E-state index in [0.29, 0.717) is 6.61 Å². The van der Waals surface area contributed by atoms with Gasteiger partial charge in [-0.2, -0.15) is 5.10 Å². The minimum atomic E-state index is 0.566. The molecule has 1 N–H and O–H groups in total. The normalized spacial score (nSPS) is 14.5. The first-order chi connectivity index (χ1) is 15.7. The molecule has 1 aliphatic heterocycles. The standard InChI is InChI=1S/C27H28N4O/c1-30-15-17-31(18-16-30)24-11-7-22(8-12-24)26-19-27(29-28-26)23-9-13-25(14-10-23)32-20-21-5-3-2-4-6-21/h2-14,19H,15-18,20H2,1H3,(H,28,29). The van der Waals surface area contributed by atoms with Gasteiger partial charge in [0, 0.05) is 37.4 Å². The number of hydrogen-bond acceptors (Lipinski definition) is 4. The molecule has 1 aromatic heterocycles. The van der Waals surface area contributed by atoms with Crippen molar-refractivity contribution in [3.8, 4) is 28.3 Å². The van der Waals surface area contributed by atoms with Crippen LogP contribution in [-0.4, -0.2) is 48.3 Å².